The van der Waals surface area contributed by atoms with Gasteiger partial charge in [-0.05, 0) is 82.6 Å². The summed E-state index contributed by atoms with van der Waals surface area (Å²) in [5, 5.41) is 8.23. The molecule has 1 aromatic carbocycles. The third-order valence-electron chi connectivity index (χ3n) is 11.5. The van der Waals surface area contributed by atoms with Crippen LogP contribution in [0.25, 0.3) is 0 Å². The average Bonchev–Trinajstić information content (AvgIpc) is 3.96. The summed E-state index contributed by atoms with van der Waals surface area (Å²) in [5.41, 5.74) is -0.824. The number of likely N-dealkylation sites (N-methyl/N-ethyl adjacent to an activating group) is 1. The number of esters is 1. The molecule has 0 unspecified atom stereocenters. The lowest BCUT2D eigenvalue weighted by molar-refractivity contribution is -0.163. The quantitative estimate of drug-likeness (QED) is 0.195. The Bertz CT molecular complexity index is 1660. The van der Waals surface area contributed by atoms with Crippen molar-refractivity contribution in [1.82, 2.24) is 30.7 Å². The fourth-order valence-corrected chi connectivity index (χ4v) is 8.30. The number of allylic oxidation sites excluding steroid dienone is 1. The van der Waals surface area contributed by atoms with Gasteiger partial charge >= 0.3 is 5.97 Å². The number of hydrogen-bond acceptors (Lipinski definition) is 8. The Morgan fingerprint density at radius 1 is 0.982 bits per heavy atom. The van der Waals surface area contributed by atoms with Crippen molar-refractivity contribution in [2.75, 3.05) is 20.1 Å². The number of carbonyl (C=O) groups excluding carboxylic acids is 7. The number of hydrogen-bond donors (Lipinski definition) is 3. The molecule has 3 saturated heterocycles. The monoisotopic (exact) mass is 766 g/mol. The maximum absolute atomic E-state index is 14.6. The van der Waals surface area contributed by atoms with Gasteiger partial charge in [0.1, 0.15) is 47.7 Å². The zero-order valence-electron chi connectivity index (χ0n) is 32.3. The largest absolute Gasteiger partial charge is 0.458 e. The number of carbonyl (C=O) groups is 7. The first-order valence-electron chi connectivity index (χ1n) is 19.7. The van der Waals surface area contributed by atoms with E-state index in [0.717, 1.165) is 12.8 Å². The summed E-state index contributed by atoms with van der Waals surface area (Å²) >= 11 is 0. The van der Waals surface area contributed by atoms with Crippen LogP contribution in [0.5, 0.6) is 0 Å². The molecule has 3 heterocycles. The molecule has 0 radical (unpaired) electrons. The third kappa shape index (κ3) is 9.35. The van der Waals surface area contributed by atoms with Crippen molar-refractivity contribution in [3.8, 4) is 0 Å². The second kappa shape index (κ2) is 18.2. The average molecular weight is 767 g/mol. The highest BCUT2D eigenvalue weighted by atomic mass is 19.1. The highest BCUT2D eigenvalue weighted by Gasteiger charge is 2.51. The standard InChI is InChI=1S/C40H55FN6O8/c1-5-6-7-8-18-32(48)43-29(24-27-14-11-15-28(41)23-27)34(49)44-33-26(3)55-38(53)31-17-13-22-47(31)35(50)25(2)42-39(54)40(19-9-10-20-40)45(4)36(51)30-16-12-21-46(30)37(33)52/h8,11,14-15,18,23,25-26,29-31,33H,5-7,9-10,12-13,16-17,19-22,24H2,1-4H3,(H,42,54)(H,43,48)(H,44,49)/b18-8+/t25-,26-,29-,30-,31-,33-/m0/s1. The van der Waals surface area contributed by atoms with Gasteiger partial charge in [0.05, 0.1) is 0 Å². The number of unbranched alkanes of at least 4 members (excludes halogenated alkanes) is 2. The molecule has 1 spiro atoms. The molecule has 4 fully saturated rings. The van der Waals surface area contributed by atoms with Crippen molar-refractivity contribution >= 4 is 41.4 Å². The first kappa shape index (κ1) is 41.3. The van der Waals surface area contributed by atoms with Gasteiger partial charge in [-0.3, -0.25) is 28.8 Å². The fraction of sp³-hybridized carbons (Fsp3) is 0.625. The van der Waals surface area contributed by atoms with Crippen LogP contribution in [0.15, 0.2) is 36.4 Å². The van der Waals surface area contributed by atoms with Crippen LogP contribution >= 0.6 is 0 Å². The van der Waals surface area contributed by atoms with Crippen molar-refractivity contribution in [3.05, 3.63) is 47.8 Å². The summed E-state index contributed by atoms with van der Waals surface area (Å²) < 4.78 is 20.1. The number of ether oxygens (including phenoxy) is 1. The van der Waals surface area contributed by atoms with Crippen LogP contribution in [0.1, 0.15) is 97.0 Å². The van der Waals surface area contributed by atoms with Crippen molar-refractivity contribution in [1.29, 1.82) is 0 Å². The molecule has 55 heavy (non-hydrogen) atoms. The molecule has 5 rings (SSSR count). The number of cyclic esters (lactones) is 1. The Balaban J connectivity index is 1.50. The fourth-order valence-electron chi connectivity index (χ4n) is 8.30. The first-order chi connectivity index (χ1) is 26.3. The van der Waals surface area contributed by atoms with E-state index in [0.29, 0.717) is 63.4 Å². The molecule has 6 amide bonds. The van der Waals surface area contributed by atoms with Crippen LogP contribution in [0.3, 0.4) is 0 Å². The van der Waals surface area contributed by atoms with E-state index in [-0.39, 0.29) is 19.5 Å². The molecule has 3 aliphatic heterocycles. The van der Waals surface area contributed by atoms with E-state index in [1.165, 1.54) is 45.9 Å². The van der Waals surface area contributed by atoms with Gasteiger partial charge in [-0.1, -0.05) is 50.8 Å². The molecule has 0 aromatic heterocycles. The van der Waals surface area contributed by atoms with E-state index in [4.69, 9.17) is 4.74 Å². The number of halogens is 1. The van der Waals surface area contributed by atoms with E-state index in [9.17, 15) is 38.0 Å². The normalized spacial score (nSPS) is 26.9. The van der Waals surface area contributed by atoms with Crippen LogP contribution in [-0.2, 0) is 44.7 Å². The van der Waals surface area contributed by atoms with Crippen molar-refractivity contribution in [2.45, 2.75) is 140 Å². The minimum atomic E-state index is -1.51. The summed E-state index contributed by atoms with van der Waals surface area (Å²) in [5.74, 6) is -4.73. The molecule has 1 saturated carbocycles. The van der Waals surface area contributed by atoms with Crippen LogP contribution in [-0.4, -0.2) is 118 Å². The first-order valence-corrected chi connectivity index (χ1v) is 19.7. The summed E-state index contributed by atoms with van der Waals surface area (Å²) in [7, 11) is 1.56. The van der Waals surface area contributed by atoms with Gasteiger partial charge in [0.2, 0.25) is 35.4 Å². The molecule has 1 aliphatic carbocycles. The number of nitrogens with zero attached hydrogens (tertiary/aromatic N) is 3. The highest BCUT2D eigenvalue weighted by Crippen LogP contribution is 2.37. The minimum Gasteiger partial charge on any atom is -0.458 e. The van der Waals surface area contributed by atoms with Gasteiger partial charge in [0, 0.05) is 26.6 Å². The second-order valence-corrected chi connectivity index (χ2v) is 15.3. The Labute approximate surface area is 321 Å². The second-order valence-electron chi connectivity index (χ2n) is 15.3. The molecule has 6 atom stereocenters. The summed E-state index contributed by atoms with van der Waals surface area (Å²) in [6.45, 7) is 5.45. The van der Waals surface area contributed by atoms with Crippen molar-refractivity contribution < 1.29 is 42.7 Å². The zero-order valence-corrected chi connectivity index (χ0v) is 32.3. The number of benzene rings is 1. The van der Waals surface area contributed by atoms with E-state index in [1.54, 1.807) is 26.1 Å². The molecule has 3 N–H and O–H groups in total. The molecular formula is C40H55FN6O8. The lowest BCUT2D eigenvalue weighted by atomic mass is 9.92. The lowest BCUT2D eigenvalue weighted by Gasteiger charge is -2.41. The lowest BCUT2D eigenvalue weighted by Crippen LogP contribution is -2.65. The molecule has 4 aliphatic rings. The zero-order chi connectivity index (χ0) is 39.9. The van der Waals surface area contributed by atoms with Gasteiger partial charge in [-0.15, -0.1) is 0 Å². The Hall–Kier alpha value is -4.82. The van der Waals surface area contributed by atoms with Crippen LogP contribution in [0.2, 0.25) is 0 Å². The molecule has 0 bridgehead atoms. The Morgan fingerprint density at radius 2 is 1.65 bits per heavy atom. The minimum absolute atomic E-state index is 0.121. The van der Waals surface area contributed by atoms with Gasteiger partial charge in [0.25, 0.3) is 0 Å². The predicted molar refractivity (Wildman–Crippen MR) is 199 cm³/mol. The van der Waals surface area contributed by atoms with Gasteiger partial charge in [0.15, 0.2) is 0 Å². The molecule has 1 aromatic rings. The van der Waals surface area contributed by atoms with Gasteiger partial charge in [-0.2, -0.15) is 0 Å². The van der Waals surface area contributed by atoms with Gasteiger partial charge < -0.3 is 35.4 Å². The topological polar surface area (TPSA) is 175 Å². The molecule has 14 nitrogen and oxygen atoms in total. The maximum atomic E-state index is 14.6. The van der Waals surface area contributed by atoms with Gasteiger partial charge in [-0.25, -0.2) is 9.18 Å². The smallest absolute Gasteiger partial charge is 0.329 e. The summed E-state index contributed by atoms with van der Waals surface area (Å²) in [4.78, 5) is 102. The predicted octanol–water partition coefficient (Wildman–Crippen LogP) is 2.29. The molecule has 300 valence electrons. The Morgan fingerprint density at radius 3 is 2.33 bits per heavy atom. The van der Waals surface area contributed by atoms with Crippen LogP contribution < -0.4 is 16.0 Å². The number of amides is 6. The number of rotatable bonds is 9. The summed E-state index contributed by atoms with van der Waals surface area (Å²) in [6.07, 6.45) is 7.78. The van der Waals surface area contributed by atoms with Crippen molar-refractivity contribution in [2.24, 2.45) is 0 Å². The SMILES string of the molecule is CCCC/C=C/C(=O)N[C@@H](Cc1cccc(F)c1)C(=O)N[C@@H]1C(=O)N2CCC[C@H]2C(=O)N(C)C2(CCCC2)C(=O)N[C@@H](C)C(=O)N2CCC[C@H]2C(=O)O[C@H]1C. The number of nitrogens with one attached hydrogen (secondary N) is 3. The summed E-state index contributed by atoms with van der Waals surface area (Å²) in [6, 6.07) is -0.138. The van der Waals surface area contributed by atoms with Crippen LogP contribution in [0.4, 0.5) is 4.39 Å². The number of fused-ring (bicyclic) bond motifs is 2. The highest BCUT2D eigenvalue weighted by molar-refractivity contribution is 5.99. The van der Waals surface area contributed by atoms with E-state index in [2.05, 4.69) is 16.0 Å². The Kier molecular flexibility index (Phi) is 13.7. The van der Waals surface area contributed by atoms with E-state index < -0.39 is 89.1 Å². The molecule has 15 heteroatoms. The van der Waals surface area contributed by atoms with E-state index in [1.807, 2.05) is 6.92 Å². The van der Waals surface area contributed by atoms with E-state index >= 15 is 0 Å². The van der Waals surface area contributed by atoms with Crippen molar-refractivity contribution in [3.63, 3.8) is 0 Å². The molecular weight excluding hydrogens is 711 g/mol. The maximum Gasteiger partial charge on any atom is 0.329 e. The third-order valence-corrected chi connectivity index (χ3v) is 11.5. The van der Waals surface area contributed by atoms with Crippen LogP contribution in [0, 0.1) is 5.82 Å².